The summed E-state index contributed by atoms with van der Waals surface area (Å²) in [5, 5.41) is 19.5. The molecule has 5 rings (SSSR count). The summed E-state index contributed by atoms with van der Waals surface area (Å²) in [5.41, 5.74) is 2.75. The molecule has 0 atom stereocenters. The Kier molecular flexibility index (Phi) is 14.1. The first-order valence-corrected chi connectivity index (χ1v) is 21.5. The average molecular weight is 841 g/mol. The SMILES string of the molecule is COc1cc(N=Nc2cccc(S(=O)(=O)O)c2)ccc1Cc1nc(Cc2ccc(N=Nc3ccccc3)cc2OCCCS(=O)(=O)O)nc(NCCS(=O)(=O)O)n1. The number of aromatic nitrogens is 3. The molecule has 0 radical (unpaired) electrons. The molecule has 4 N–H and O–H groups in total. The van der Waals surface area contributed by atoms with E-state index in [1.807, 2.05) is 18.2 Å². The zero-order valence-electron chi connectivity index (χ0n) is 30.1. The van der Waals surface area contributed by atoms with E-state index in [0.29, 0.717) is 39.7 Å². The fourth-order valence-corrected chi connectivity index (χ4v) is 6.38. The first-order valence-electron chi connectivity index (χ1n) is 16.8. The smallest absolute Gasteiger partial charge is 0.294 e. The van der Waals surface area contributed by atoms with Gasteiger partial charge in [-0.2, -0.15) is 55.7 Å². The minimum atomic E-state index is -4.43. The molecule has 1 heterocycles. The van der Waals surface area contributed by atoms with E-state index in [9.17, 15) is 34.4 Å². The van der Waals surface area contributed by atoms with Gasteiger partial charge < -0.3 is 14.8 Å². The van der Waals surface area contributed by atoms with Crippen LogP contribution < -0.4 is 14.8 Å². The highest BCUT2D eigenvalue weighted by Crippen LogP contribution is 2.31. The van der Waals surface area contributed by atoms with E-state index in [2.05, 4.69) is 40.7 Å². The molecule has 0 saturated carbocycles. The van der Waals surface area contributed by atoms with E-state index >= 15 is 0 Å². The van der Waals surface area contributed by atoms with Gasteiger partial charge in [0.05, 0.1) is 52.9 Å². The number of ether oxygens (including phenoxy) is 2. The molecule has 1 aromatic heterocycles. The molecule has 0 bridgehead atoms. The molecular weight excluding hydrogens is 805 g/mol. The molecule has 0 spiro atoms. The number of benzene rings is 4. The first-order chi connectivity index (χ1) is 27.0. The maximum Gasteiger partial charge on any atom is 0.294 e. The van der Waals surface area contributed by atoms with Crippen LogP contribution >= 0.6 is 0 Å². The molecule has 0 fully saturated rings. The van der Waals surface area contributed by atoms with Gasteiger partial charge >= 0.3 is 0 Å². The van der Waals surface area contributed by atoms with Crippen LogP contribution in [0.5, 0.6) is 11.5 Å². The molecule has 22 heteroatoms. The molecular formula is C35H36N8O11S3. The largest absolute Gasteiger partial charge is 0.496 e. The Labute approximate surface area is 328 Å². The molecule has 0 saturated heterocycles. The van der Waals surface area contributed by atoms with Crippen LogP contribution in [-0.2, 0) is 43.2 Å². The van der Waals surface area contributed by atoms with Gasteiger partial charge in [0.2, 0.25) is 5.95 Å². The van der Waals surface area contributed by atoms with Gasteiger partial charge in [-0.3, -0.25) is 13.7 Å². The number of hydrogen-bond acceptors (Lipinski definition) is 16. The topological polar surface area (TPSA) is 282 Å². The molecule has 5 aromatic rings. The van der Waals surface area contributed by atoms with Gasteiger partial charge in [0.1, 0.15) is 23.1 Å². The molecule has 0 amide bonds. The van der Waals surface area contributed by atoms with Crippen molar-refractivity contribution in [1.29, 1.82) is 0 Å². The standard InChI is InChI=1S/C35H36N8O11S3/c1-53-31-22-28(43-41-27-9-5-10-30(21-27)57(50,51)52)13-11-24(31)19-33-37-34(39-35(38-33)36-15-18-56(47,48)49)20-25-12-14-29(42-40-26-7-3-2-4-8-26)23-32(25)54-16-6-17-55(44,45)46/h2-5,7-14,21-23H,6,15-20H2,1H3,(H,44,45,46)(H,47,48,49)(H,50,51,52)(H,36,37,38,39). The lowest BCUT2D eigenvalue weighted by molar-refractivity contribution is 0.313. The van der Waals surface area contributed by atoms with Crippen LogP contribution in [0.1, 0.15) is 29.2 Å². The lowest BCUT2D eigenvalue weighted by Crippen LogP contribution is -2.18. The van der Waals surface area contributed by atoms with E-state index in [1.54, 1.807) is 48.5 Å². The van der Waals surface area contributed by atoms with E-state index in [-0.39, 0.29) is 60.6 Å². The lowest BCUT2D eigenvalue weighted by Gasteiger charge is -2.14. The van der Waals surface area contributed by atoms with Crippen LogP contribution in [0.2, 0.25) is 0 Å². The van der Waals surface area contributed by atoms with Gasteiger partial charge in [-0.15, -0.1) is 0 Å². The molecule has 0 unspecified atom stereocenters. The highest BCUT2D eigenvalue weighted by atomic mass is 32.2. The highest BCUT2D eigenvalue weighted by molar-refractivity contribution is 7.86. The summed E-state index contributed by atoms with van der Waals surface area (Å²) in [5.74, 6) is 0.0482. The number of methoxy groups -OCH3 is 1. The Morgan fingerprint density at radius 1 is 0.614 bits per heavy atom. The molecule has 57 heavy (non-hydrogen) atoms. The maximum absolute atomic E-state index is 11.5. The average Bonchev–Trinajstić information content (AvgIpc) is 3.15. The minimum absolute atomic E-state index is 0.00496. The van der Waals surface area contributed by atoms with Gasteiger partial charge in [0.15, 0.2) is 0 Å². The van der Waals surface area contributed by atoms with Crippen LogP contribution in [0.15, 0.2) is 116 Å². The molecule has 0 aliphatic carbocycles. The van der Waals surface area contributed by atoms with Crippen molar-refractivity contribution in [2.45, 2.75) is 24.2 Å². The Bertz CT molecular complexity index is 2590. The highest BCUT2D eigenvalue weighted by Gasteiger charge is 2.16. The summed E-state index contributed by atoms with van der Waals surface area (Å²) in [6.45, 7) is -0.287. The molecule has 19 nitrogen and oxygen atoms in total. The van der Waals surface area contributed by atoms with Crippen molar-refractivity contribution in [3.8, 4) is 11.5 Å². The lowest BCUT2D eigenvalue weighted by atomic mass is 10.1. The summed E-state index contributed by atoms with van der Waals surface area (Å²) in [6, 6.07) is 24.2. The van der Waals surface area contributed by atoms with Crippen LogP contribution in [0.25, 0.3) is 0 Å². The van der Waals surface area contributed by atoms with Crippen LogP contribution in [0, 0.1) is 0 Å². The third-order valence-electron chi connectivity index (χ3n) is 7.63. The van der Waals surface area contributed by atoms with Crippen LogP contribution in [0.3, 0.4) is 0 Å². The zero-order valence-corrected chi connectivity index (χ0v) is 32.5. The van der Waals surface area contributed by atoms with Crippen molar-refractivity contribution in [3.05, 3.63) is 114 Å². The van der Waals surface area contributed by atoms with Gasteiger partial charge in [-0.25, -0.2) is 4.98 Å². The van der Waals surface area contributed by atoms with Crippen molar-refractivity contribution < 1.29 is 48.4 Å². The fourth-order valence-electron chi connectivity index (χ4n) is 5.02. The van der Waals surface area contributed by atoms with E-state index in [0.717, 1.165) is 6.07 Å². The third kappa shape index (κ3) is 14.0. The maximum atomic E-state index is 11.5. The monoisotopic (exact) mass is 840 g/mol. The summed E-state index contributed by atoms with van der Waals surface area (Å²) in [6.07, 6.45) is 0.147. The fraction of sp³-hybridized carbons (Fsp3) is 0.229. The van der Waals surface area contributed by atoms with Crippen molar-refractivity contribution in [3.63, 3.8) is 0 Å². The second kappa shape index (κ2) is 18.9. The Hall–Kier alpha value is -5.78. The normalized spacial score (nSPS) is 12.3. The first kappa shape index (κ1) is 42.4. The second-order valence-corrected chi connectivity index (χ2v) is 16.6. The van der Waals surface area contributed by atoms with Crippen molar-refractivity contribution >= 4 is 59.1 Å². The summed E-state index contributed by atoms with van der Waals surface area (Å²) >= 11 is 0. The van der Waals surface area contributed by atoms with Crippen LogP contribution in [-0.4, -0.2) is 85.6 Å². The quantitative estimate of drug-likeness (QED) is 0.0415. The summed E-state index contributed by atoms with van der Waals surface area (Å²) in [7, 11) is -11.5. The number of nitrogens with zero attached hydrogens (tertiary/aromatic N) is 7. The summed E-state index contributed by atoms with van der Waals surface area (Å²) < 4.78 is 108. The van der Waals surface area contributed by atoms with Crippen molar-refractivity contribution in [1.82, 2.24) is 15.0 Å². The molecule has 0 aliphatic heterocycles. The molecule has 4 aromatic carbocycles. The van der Waals surface area contributed by atoms with Gasteiger partial charge in [-0.1, -0.05) is 36.4 Å². The predicted molar refractivity (Wildman–Crippen MR) is 207 cm³/mol. The number of rotatable bonds is 19. The van der Waals surface area contributed by atoms with Crippen molar-refractivity contribution in [2.24, 2.45) is 20.5 Å². The third-order valence-corrected chi connectivity index (χ3v) is 10.0. The van der Waals surface area contributed by atoms with Gasteiger partial charge in [0, 0.05) is 42.6 Å². The van der Waals surface area contributed by atoms with Crippen LogP contribution in [0.4, 0.5) is 28.7 Å². The number of azo groups is 2. The van der Waals surface area contributed by atoms with Gasteiger partial charge in [-0.05, 0) is 48.9 Å². The number of anilines is 1. The van der Waals surface area contributed by atoms with E-state index < -0.39 is 41.9 Å². The Morgan fingerprint density at radius 2 is 1.16 bits per heavy atom. The Morgan fingerprint density at radius 3 is 1.74 bits per heavy atom. The molecule has 0 aliphatic rings. The summed E-state index contributed by atoms with van der Waals surface area (Å²) in [4.78, 5) is 13.2. The molecule has 300 valence electrons. The zero-order chi connectivity index (χ0) is 41.1. The predicted octanol–water partition coefficient (Wildman–Crippen LogP) is 6.10. The number of hydrogen-bond donors (Lipinski definition) is 4. The van der Waals surface area contributed by atoms with Gasteiger partial charge in [0.25, 0.3) is 30.4 Å². The second-order valence-electron chi connectivity index (χ2n) is 12.0. The minimum Gasteiger partial charge on any atom is -0.496 e. The van der Waals surface area contributed by atoms with E-state index in [4.69, 9.17) is 14.0 Å². The Balaban J connectivity index is 1.43. The number of nitrogens with one attached hydrogen (secondary N) is 1. The van der Waals surface area contributed by atoms with Crippen molar-refractivity contribution in [2.75, 3.05) is 37.1 Å². The van der Waals surface area contributed by atoms with E-state index in [1.165, 1.54) is 25.3 Å².